The van der Waals surface area contributed by atoms with E-state index in [1.807, 2.05) is 24.3 Å². The summed E-state index contributed by atoms with van der Waals surface area (Å²) in [4.78, 5) is 17.2. The number of aliphatic imine (C=N–C) groups is 1. The van der Waals surface area contributed by atoms with Gasteiger partial charge in [0.1, 0.15) is 5.78 Å². The molecule has 0 unspecified atom stereocenters. The van der Waals surface area contributed by atoms with Crippen LogP contribution in [0.25, 0.3) is 0 Å². The summed E-state index contributed by atoms with van der Waals surface area (Å²) in [6, 6.07) is 18.4. The zero-order chi connectivity index (χ0) is 25.6. The number of carbonyl (C=O) groups excluding carboxylic acids is 1. The number of rotatable bonds is 9. The number of allylic oxidation sites excluding steroid dienone is 2. The van der Waals surface area contributed by atoms with Crippen molar-refractivity contribution < 1.29 is 13.6 Å². The van der Waals surface area contributed by atoms with Gasteiger partial charge in [-0.2, -0.15) is 0 Å². The number of Topliss-reactive ketones (excluding diaryl/α,β-unsaturated/α-hetero) is 1. The smallest absolute Gasteiger partial charge is 0.273 e. The van der Waals surface area contributed by atoms with Gasteiger partial charge in [-0.3, -0.25) is 4.79 Å². The summed E-state index contributed by atoms with van der Waals surface area (Å²) in [5.74, 6) is -2.86. The second-order valence-electron chi connectivity index (χ2n) is 8.32. The van der Waals surface area contributed by atoms with Crippen molar-refractivity contribution >= 4 is 40.4 Å². The maximum absolute atomic E-state index is 13.8. The molecule has 3 aromatic rings. The average Bonchev–Trinajstić information content (AvgIpc) is 2.80. The van der Waals surface area contributed by atoms with Crippen LogP contribution >= 0.6 is 23.2 Å². The fourth-order valence-corrected chi connectivity index (χ4v) is 4.00. The summed E-state index contributed by atoms with van der Waals surface area (Å²) in [5.41, 5.74) is 9.92. The van der Waals surface area contributed by atoms with Crippen LogP contribution in [0.15, 0.2) is 83.5 Å². The first-order valence-corrected chi connectivity index (χ1v) is 11.9. The van der Waals surface area contributed by atoms with Crippen molar-refractivity contribution in [2.24, 2.45) is 10.7 Å². The largest absolute Gasteiger partial charge is 0.402 e. The van der Waals surface area contributed by atoms with Crippen molar-refractivity contribution in [2.45, 2.75) is 39.0 Å². The third-order valence-electron chi connectivity index (χ3n) is 5.38. The zero-order valence-corrected chi connectivity index (χ0v) is 21.0. The molecule has 0 aliphatic carbocycles. The molecule has 0 fully saturated rings. The lowest BCUT2D eigenvalue weighted by molar-refractivity contribution is -0.117. The molecule has 0 radical (unpaired) electrons. The third-order valence-corrected chi connectivity index (χ3v) is 5.93. The molecule has 0 aliphatic heterocycles. The molecule has 182 valence electrons. The SMILES string of the molecule is CCC(F)(F)c1ccc(CC(=O)Cc2ccc(N=C(C=C(C)N)c3ccc(Cl)cc3Cl)cc2)cc1. The molecule has 3 nitrogen and oxygen atoms in total. The molecule has 3 rings (SSSR count). The first kappa shape index (κ1) is 26.6. The number of benzene rings is 3. The molecule has 2 N–H and O–H groups in total. The summed E-state index contributed by atoms with van der Waals surface area (Å²) in [7, 11) is 0. The topological polar surface area (TPSA) is 55.5 Å². The minimum atomic E-state index is -2.86. The van der Waals surface area contributed by atoms with Crippen LogP contribution in [0.5, 0.6) is 0 Å². The summed E-state index contributed by atoms with van der Waals surface area (Å²) in [6.45, 7) is 3.20. The number of carbonyl (C=O) groups is 1. The quantitative estimate of drug-likeness (QED) is 0.295. The van der Waals surface area contributed by atoms with E-state index in [4.69, 9.17) is 28.9 Å². The Labute approximate surface area is 214 Å². The van der Waals surface area contributed by atoms with Crippen LogP contribution in [0, 0.1) is 0 Å². The van der Waals surface area contributed by atoms with Gasteiger partial charge in [-0.15, -0.1) is 0 Å². The molecule has 0 atom stereocenters. The van der Waals surface area contributed by atoms with Gasteiger partial charge in [0.2, 0.25) is 0 Å². The maximum atomic E-state index is 13.8. The Morgan fingerprint density at radius 2 is 1.54 bits per heavy atom. The van der Waals surface area contributed by atoms with Gasteiger partial charge in [0.05, 0.1) is 16.4 Å². The monoisotopic (exact) mass is 514 g/mol. The van der Waals surface area contributed by atoms with Crippen molar-refractivity contribution in [3.05, 3.63) is 111 Å². The molecule has 35 heavy (non-hydrogen) atoms. The summed E-state index contributed by atoms with van der Waals surface area (Å²) < 4.78 is 27.6. The molecule has 0 saturated heterocycles. The van der Waals surface area contributed by atoms with Crippen molar-refractivity contribution in [3.63, 3.8) is 0 Å². The summed E-state index contributed by atoms with van der Waals surface area (Å²) in [6.07, 6.45) is 1.88. The van der Waals surface area contributed by atoms with Gasteiger partial charge in [-0.25, -0.2) is 13.8 Å². The standard InChI is InChI=1S/C28H26Cl2F2N2O/c1-3-28(31,32)21-8-4-19(5-9-21)15-24(35)16-20-6-11-23(12-7-20)34-27(14-18(2)33)25-13-10-22(29)17-26(25)30/h4-14,17H,3,15-16,33H2,1-2H3. The van der Waals surface area contributed by atoms with Crippen LogP contribution in [-0.2, 0) is 23.6 Å². The Hall–Kier alpha value is -3.02. The lowest BCUT2D eigenvalue weighted by Crippen LogP contribution is -2.12. The van der Waals surface area contributed by atoms with Crippen molar-refractivity contribution in [1.29, 1.82) is 0 Å². The maximum Gasteiger partial charge on any atom is 0.273 e. The number of nitrogens with zero attached hydrogens (tertiary/aromatic N) is 1. The lowest BCUT2D eigenvalue weighted by atomic mass is 9.99. The normalized spacial score (nSPS) is 12.6. The highest BCUT2D eigenvalue weighted by Crippen LogP contribution is 2.31. The van der Waals surface area contributed by atoms with E-state index in [-0.39, 0.29) is 30.6 Å². The highest BCUT2D eigenvalue weighted by atomic mass is 35.5. The Kier molecular flexibility index (Phi) is 8.82. The third kappa shape index (κ3) is 7.48. The van der Waals surface area contributed by atoms with Crippen LogP contribution in [0.2, 0.25) is 10.0 Å². The summed E-state index contributed by atoms with van der Waals surface area (Å²) in [5, 5.41) is 0.984. The molecule has 7 heteroatoms. The van der Waals surface area contributed by atoms with E-state index in [0.717, 1.165) is 5.56 Å². The first-order valence-electron chi connectivity index (χ1n) is 11.1. The van der Waals surface area contributed by atoms with Crippen LogP contribution < -0.4 is 5.73 Å². The molecule has 0 aliphatic rings. The number of hydrogen-bond acceptors (Lipinski definition) is 3. The van der Waals surface area contributed by atoms with E-state index in [2.05, 4.69) is 4.99 Å². The predicted octanol–water partition coefficient (Wildman–Crippen LogP) is 7.83. The highest BCUT2D eigenvalue weighted by Gasteiger charge is 2.28. The highest BCUT2D eigenvalue weighted by molar-refractivity contribution is 6.37. The van der Waals surface area contributed by atoms with Crippen LogP contribution in [0.4, 0.5) is 14.5 Å². The Morgan fingerprint density at radius 3 is 2.06 bits per heavy atom. The zero-order valence-electron chi connectivity index (χ0n) is 19.5. The van der Waals surface area contributed by atoms with E-state index in [0.29, 0.717) is 38.3 Å². The molecule has 0 bridgehead atoms. The fourth-order valence-electron chi connectivity index (χ4n) is 3.50. The average molecular weight is 515 g/mol. The predicted molar refractivity (Wildman–Crippen MR) is 140 cm³/mol. The molecule has 0 aromatic heterocycles. The van der Waals surface area contributed by atoms with E-state index in [1.54, 1.807) is 43.3 Å². The number of nitrogens with two attached hydrogens (primary N) is 1. The molecule has 0 spiro atoms. The van der Waals surface area contributed by atoms with Crippen LogP contribution in [0.3, 0.4) is 0 Å². The number of ketones is 1. The van der Waals surface area contributed by atoms with Crippen molar-refractivity contribution in [3.8, 4) is 0 Å². The van der Waals surface area contributed by atoms with Crippen LogP contribution in [-0.4, -0.2) is 11.5 Å². The Balaban J connectivity index is 1.71. The lowest BCUT2D eigenvalue weighted by Gasteiger charge is -2.14. The van der Waals surface area contributed by atoms with Gasteiger partial charge in [0.25, 0.3) is 5.92 Å². The second-order valence-corrected chi connectivity index (χ2v) is 9.17. The van der Waals surface area contributed by atoms with Gasteiger partial charge in [-0.05, 0) is 54.5 Å². The minimum Gasteiger partial charge on any atom is -0.402 e. The number of alkyl halides is 2. The van der Waals surface area contributed by atoms with Gasteiger partial charge in [0, 0.05) is 41.1 Å². The van der Waals surface area contributed by atoms with Gasteiger partial charge in [0.15, 0.2) is 0 Å². The molecular weight excluding hydrogens is 489 g/mol. The van der Waals surface area contributed by atoms with Crippen molar-refractivity contribution in [1.82, 2.24) is 0 Å². The number of halogens is 4. The van der Waals surface area contributed by atoms with Crippen molar-refractivity contribution in [2.75, 3.05) is 0 Å². The summed E-state index contributed by atoms with van der Waals surface area (Å²) >= 11 is 12.4. The van der Waals surface area contributed by atoms with Gasteiger partial charge < -0.3 is 5.73 Å². The molecule has 0 amide bonds. The molecular formula is C28H26Cl2F2N2O. The molecule has 0 heterocycles. The van der Waals surface area contributed by atoms with E-state index < -0.39 is 5.92 Å². The molecule has 3 aromatic carbocycles. The molecule has 0 saturated carbocycles. The number of hydrogen-bond donors (Lipinski definition) is 1. The second kappa shape index (κ2) is 11.6. The van der Waals surface area contributed by atoms with E-state index in [9.17, 15) is 13.6 Å². The van der Waals surface area contributed by atoms with Gasteiger partial charge >= 0.3 is 0 Å². The Morgan fingerprint density at radius 1 is 0.971 bits per heavy atom. The van der Waals surface area contributed by atoms with Crippen LogP contribution in [0.1, 0.15) is 42.5 Å². The minimum absolute atomic E-state index is 0.00780. The fraction of sp³-hybridized carbons (Fsp3) is 0.214. The first-order chi connectivity index (χ1) is 16.6. The van der Waals surface area contributed by atoms with E-state index in [1.165, 1.54) is 19.1 Å². The van der Waals surface area contributed by atoms with E-state index >= 15 is 0 Å². The van der Waals surface area contributed by atoms with Gasteiger partial charge in [-0.1, -0.05) is 66.5 Å². The Bertz CT molecular complexity index is 1250.